The molecule has 0 spiro atoms. The molecule has 0 unspecified atom stereocenters. The summed E-state index contributed by atoms with van der Waals surface area (Å²) in [6.07, 6.45) is 3.81. The van der Waals surface area contributed by atoms with Crippen LogP contribution in [0.1, 0.15) is 0 Å². The number of sulfone groups is 1. The Morgan fingerprint density at radius 2 is 0.943 bits per heavy atom. The number of fused-ring (bicyclic) bond motifs is 2. The van der Waals surface area contributed by atoms with Gasteiger partial charge in [-0.2, -0.15) is 0 Å². The second-order valence-electron chi connectivity index (χ2n) is 8.57. The number of aromatic nitrogens is 2. The Balaban J connectivity index is 1.32. The van der Waals surface area contributed by atoms with Gasteiger partial charge in [0, 0.05) is 56.7 Å². The molecule has 0 aliphatic heterocycles. The molecule has 0 aliphatic carbocycles. The van der Waals surface area contributed by atoms with E-state index in [0.717, 1.165) is 44.1 Å². The Labute approximate surface area is 202 Å². The van der Waals surface area contributed by atoms with E-state index in [2.05, 4.69) is 9.97 Å². The van der Waals surface area contributed by atoms with Crippen molar-refractivity contribution in [3.63, 3.8) is 0 Å². The van der Waals surface area contributed by atoms with E-state index in [4.69, 9.17) is 11.5 Å². The molecule has 0 aliphatic rings. The topological polar surface area (TPSA) is 118 Å². The molecule has 172 valence electrons. The summed E-state index contributed by atoms with van der Waals surface area (Å²) in [5.41, 5.74) is 19.0. The average molecular weight is 479 g/mol. The third kappa shape index (κ3) is 3.53. The Bertz CT molecular complexity index is 1680. The summed E-state index contributed by atoms with van der Waals surface area (Å²) in [6.45, 7) is 0. The number of rotatable bonds is 4. The zero-order chi connectivity index (χ0) is 24.2. The molecule has 35 heavy (non-hydrogen) atoms. The van der Waals surface area contributed by atoms with Crippen molar-refractivity contribution in [1.82, 2.24) is 9.97 Å². The van der Waals surface area contributed by atoms with Crippen molar-refractivity contribution in [1.29, 1.82) is 0 Å². The van der Waals surface area contributed by atoms with Crippen molar-refractivity contribution in [2.24, 2.45) is 0 Å². The molecular weight excluding hydrogens is 456 g/mol. The fourth-order valence-electron chi connectivity index (χ4n) is 4.52. The highest BCUT2D eigenvalue weighted by Crippen LogP contribution is 2.33. The van der Waals surface area contributed by atoms with Crippen LogP contribution in [0.3, 0.4) is 0 Å². The largest absolute Gasteiger partial charge is 0.399 e. The number of anilines is 2. The second-order valence-corrected chi connectivity index (χ2v) is 10.5. The van der Waals surface area contributed by atoms with Gasteiger partial charge >= 0.3 is 0 Å². The maximum absolute atomic E-state index is 13.3. The van der Waals surface area contributed by atoms with Crippen LogP contribution < -0.4 is 11.5 Å². The maximum atomic E-state index is 13.3. The van der Waals surface area contributed by atoms with Crippen LogP contribution >= 0.6 is 0 Å². The van der Waals surface area contributed by atoms with Crippen LogP contribution in [-0.2, 0) is 9.84 Å². The molecule has 6 N–H and O–H groups in total. The summed E-state index contributed by atoms with van der Waals surface area (Å²) in [5, 5.41) is 1.99. The van der Waals surface area contributed by atoms with Crippen molar-refractivity contribution in [3.8, 4) is 22.3 Å². The first kappa shape index (κ1) is 21.1. The summed E-state index contributed by atoms with van der Waals surface area (Å²) in [4.78, 5) is 6.95. The van der Waals surface area contributed by atoms with Gasteiger partial charge in [-0.25, -0.2) is 8.42 Å². The van der Waals surface area contributed by atoms with E-state index in [1.54, 1.807) is 24.3 Å². The molecule has 7 heteroatoms. The lowest BCUT2D eigenvalue weighted by Crippen LogP contribution is -2.01. The van der Waals surface area contributed by atoms with Crippen molar-refractivity contribution >= 4 is 43.0 Å². The predicted octanol–water partition coefficient (Wildman–Crippen LogP) is 5.98. The van der Waals surface area contributed by atoms with Crippen LogP contribution in [0.25, 0.3) is 44.1 Å². The minimum Gasteiger partial charge on any atom is -0.399 e. The molecule has 2 heterocycles. The van der Waals surface area contributed by atoms with Gasteiger partial charge in [0.1, 0.15) is 0 Å². The predicted molar refractivity (Wildman–Crippen MR) is 142 cm³/mol. The second kappa shape index (κ2) is 7.78. The van der Waals surface area contributed by atoms with Gasteiger partial charge in [0.15, 0.2) is 0 Å². The number of hydrogen-bond acceptors (Lipinski definition) is 4. The Hall–Kier alpha value is -4.49. The lowest BCUT2D eigenvalue weighted by Gasteiger charge is -2.08. The van der Waals surface area contributed by atoms with E-state index in [9.17, 15) is 8.42 Å². The third-order valence-corrected chi connectivity index (χ3v) is 8.15. The van der Waals surface area contributed by atoms with Gasteiger partial charge in [0.05, 0.1) is 9.79 Å². The molecule has 0 saturated carbocycles. The summed E-state index contributed by atoms with van der Waals surface area (Å²) >= 11 is 0. The minimum absolute atomic E-state index is 0.244. The third-order valence-electron chi connectivity index (χ3n) is 6.36. The summed E-state index contributed by atoms with van der Waals surface area (Å²) < 4.78 is 26.6. The quantitative estimate of drug-likeness (QED) is 0.233. The molecule has 0 bridgehead atoms. The Morgan fingerprint density at radius 1 is 0.543 bits per heavy atom. The van der Waals surface area contributed by atoms with Gasteiger partial charge < -0.3 is 21.4 Å². The number of nitrogen functional groups attached to an aromatic ring is 2. The Kier molecular flexibility index (Phi) is 4.69. The number of aromatic amines is 2. The number of hydrogen-bond donors (Lipinski definition) is 4. The first-order chi connectivity index (χ1) is 16.9. The standard InChI is InChI=1S/C28H22N4O2S/c29-19-5-11-27-23(13-19)25(15-31-27)17-1-7-21(8-2-17)35(33,34)22-9-3-18(4-10-22)26-16-32-28-12-6-20(30)14-24(26)28/h1-16,31-32H,29-30H2. The van der Waals surface area contributed by atoms with Gasteiger partial charge in [-0.15, -0.1) is 0 Å². The maximum Gasteiger partial charge on any atom is 0.206 e. The molecule has 6 aromatic rings. The van der Waals surface area contributed by atoms with Crippen LogP contribution in [0.2, 0.25) is 0 Å². The highest BCUT2D eigenvalue weighted by molar-refractivity contribution is 7.91. The summed E-state index contributed by atoms with van der Waals surface area (Å²) in [7, 11) is -3.66. The number of benzene rings is 4. The number of H-pyrrole nitrogens is 2. The van der Waals surface area contributed by atoms with E-state index in [1.807, 2.05) is 73.1 Å². The molecular formula is C28H22N4O2S. The van der Waals surface area contributed by atoms with Crippen LogP contribution in [0, 0.1) is 0 Å². The molecule has 6 nitrogen and oxygen atoms in total. The number of nitrogens with one attached hydrogen (secondary N) is 2. The molecule has 6 rings (SSSR count). The van der Waals surface area contributed by atoms with E-state index < -0.39 is 9.84 Å². The molecule has 0 atom stereocenters. The fourth-order valence-corrected chi connectivity index (χ4v) is 5.78. The number of nitrogens with two attached hydrogens (primary N) is 2. The molecule has 4 aromatic carbocycles. The van der Waals surface area contributed by atoms with Crippen LogP contribution in [0.15, 0.2) is 107 Å². The molecule has 0 amide bonds. The molecule has 0 fully saturated rings. The lowest BCUT2D eigenvalue weighted by molar-refractivity contribution is 0.596. The van der Waals surface area contributed by atoms with E-state index in [-0.39, 0.29) is 9.79 Å². The van der Waals surface area contributed by atoms with Gasteiger partial charge in [-0.1, -0.05) is 24.3 Å². The lowest BCUT2D eigenvalue weighted by atomic mass is 10.0. The van der Waals surface area contributed by atoms with Gasteiger partial charge in [-0.05, 0) is 71.8 Å². The SMILES string of the molecule is Nc1ccc2[nH]cc(-c3ccc(S(=O)(=O)c4ccc(-c5c[nH]c6ccc(N)cc56)cc4)cc3)c2c1. The van der Waals surface area contributed by atoms with Crippen molar-refractivity contribution < 1.29 is 8.42 Å². The Morgan fingerprint density at radius 3 is 1.34 bits per heavy atom. The van der Waals surface area contributed by atoms with Crippen LogP contribution in [0.5, 0.6) is 0 Å². The van der Waals surface area contributed by atoms with E-state index in [0.29, 0.717) is 11.4 Å². The zero-order valence-electron chi connectivity index (χ0n) is 18.6. The van der Waals surface area contributed by atoms with E-state index >= 15 is 0 Å². The van der Waals surface area contributed by atoms with E-state index in [1.165, 1.54) is 0 Å². The minimum atomic E-state index is -3.66. The van der Waals surface area contributed by atoms with Gasteiger partial charge in [-0.3, -0.25) is 0 Å². The first-order valence-corrected chi connectivity index (χ1v) is 12.6. The van der Waals surface area contributed by atoms with Crippen molar-refractivity contribution in [3.05, 3.63) is 97.3 Å². The van der Waals surface area contributed by atoms with Crippen molar-refractivity contribution in [2.75, 3.05) is 11.5 Å². The highest BCUT2D eigenvalue weighted by Gasteiger charge is 2.18. The fraction of sp³-hybridized carbons (Fsp3) is 0. The smallest absolute Gasteiger partial charge is 0.206 e. The molecule has 2 aromatic heterocycles. The van der Waals surface area contributed by atoms with Gasteiger partial charge in [0.25, 0.3) is 0 Å². The highest BCUT2D eigenvalue weighted by atomic mass is 32.2. The summed E-state index contributed by atoms with van der Waals surface area (Å²) in [6, 6.07) is 25.2. The first-order valence-electron chi connectivity index (χ1n) is 11.1. The van der Waals surface area contributed by atoms with Crippen LogP contribution in [-0.4, -0.2) is 18.4 Å². The van der Waals surface area contributed by atoms with Crippen LogP contribution in [0.4, 0.5) is 11.4 Å². The summed E-state index contributed by atoms with van der Waals surface area (Å²) in [5.74, 6) is 0. The zero-order valence-corrected chi connectivity index (χ0v) is 19.4. The van der Waals surface area contributed by atoms with Crippen molar-refractivity contribution in [2.45, 2.75) is 9.79 Å². The molecule has 0 radical (unpaired) electrons. The monoisotopic (exact) mass is 478 g/mol. The molecule has 0 saturated heterocycles. The normalized spacial score (nSPS) is 11.9. The average Bonchev–Trinajstić information content (AvgIpc) is 3.48. The van der Waals surface area contributed by atoms with Gasteiger partial charge in [0.2, 0.25) is 9.84 Å².